The van der Waals surface area contributed by atoms with E-state index in [1.54, 1.807) is 11.0 Å². The molecule has 3 aromatic carbocycles. The fourth-order valence-electron chi connectivity index (χ4n) is 4.78. The van der Waals surface area contributed by atoms with E-state index >= 15 is 0 Å². The van der Waals surface area contributed by atoms with E-state index in [4.69, 9.17) is 4.74 Å². The number of nitrogens with zero attached hydrogens (tertiary/aromatic N) is 4. The predicted molar refractivity (Wildman–Crippen MR) is 136 cm³/mol. The number of carbonyl (C=O) groups excluding carboxylic acids is 1. The summed E-state index contributed by atoms with van der Waals surface area (Å²) in [5, 5.41) is 15.7. The summed E-state index contributed by atoms with van der Waals surface area (Å²) in [5.74, 6) is 0.635. The predicted octanol–water partition coefficient (Wildman–Crippen LogP) is 4.35. The number of ether oxygens (including phenoxy) is 1. The van der Waals surface area contributed by atoms with Gasteiger partial charge in [0.1, 0.15) is 25.0 Å². The van der Waals surface area contributed by atoms with Crippen molar-refractivity contribution in [2.45, 2.75) is 38.0 Å². The average molecular weight is 483 g/mol. The molecule has 1 aromatic heterocycles. The summed E-state index contributed by atoms with van der Waals surface area (Å²) < 4.78 is 7.69. The normalized spacial score (nSPS) is 14.1. The number of aliphatic hydroxyl groups excluding tert-OH is 1. The van der Waals surface area contributed by atoms with E-state index in [0.29, 0.717) is 39.1 Å². The summed E-state index contributed by atoms with van der Waals surface area (Å²) in [4.78, 5) is 18.7. The molecule has 0 saturated heterocycles. The number of hydrogen-bond donors (Lipinski definition) is 1. The number of amides is 1. The van der Waals surface area contributed by atoms with Gasteiger partial charge in [0.25, 0.3) is 0 Å². The van der Waals surface area contributed by atoms with Crippen LogP contribution < -0.4 is 4.74 Å². The van der Waals surface area contributed by atoms with Gasteiger partial charge in [0.2, 0.25) is 5.91 Å². The highest BCUT2D eigenvalue weighted by molar-refractivity contribution is 5.76. The Bertz CT molecular complexity index is 1220. The van der Waals surface area contributed by atoms with Gasteiger partial charge in [-0.2, -0.15) is 5.10 Å². The Morgan fingerprint density at radius 2 is 1.69 bits per heavy atom. The fraction of sp³-hybridized carbons (Fsp3) is 0.276. The maximum absolute atomic E-state index is 13.0. The molecule has 1 amide bonds. The van der Waals surface area contributed by atoms with Crippen LogP contribution in [0.5, 0.6) is 5.75 Å². The third kappa shape index (κ3) is 5.47. The summed E-state index contributed by atoms with van der Waals surface area (Å²) in [7, 11) is 0. The Hall–Kier alpha value is -3.97. The molecule has 0 radical (unpaired) electrons. The van der Waals surface area contributed by atoms with E-state index in [2.05, 4.69) is 10.1 Å². The smallest absolute Gasteiger partial charge is 0.223 e. The summed E-state index contributed by atoms with van der Waals surface area (Å²) in [5.41, 5.74) is 3.81. The van der Waals surface area contributed by atoms with Gasteiger partial charge in [0, 0.05) is 31.0 Å². The fourth-order valence-corrected chi connectivity index (χ4v) is 4.78. The highest BCUT2D eigenvalue weighted by atomic mass is 16.5. The standard InChI is InChI=1S/C29H30N4O3/c34-27(12-7-15-33-21-30-20-31-33)32-16-17-36-26-14-13-24(18-25(26)19-32)29(35)28(22-8-3-1-4-9-22)23-10-5-2-6-11-23/h1-6,8-11,13-14,18,20-21,28-29,35H,7,12,15-17,19H2/t29-/m0/s1. The molecule has 0 saturated carbocycles. The van der Waals surface area contributed by atoms with Crippen molar-refractivity contribution in [1.29, 1.82) is 0 Å². The first-order valence-corrected chi connectivity index (χ1v) is 12.3. The number of aromatic nitrogens is 3. The number of hydrogen-bond acceptors (Lipinski definition) is 5. The monoisotopic (exact) mass is 482 g/mol. The van der Waals surface area contributed by atoms with Crippen LogP contribution >= 0.6 is 0 Å². The number of benzene rings is 3. The van der Waals surface area contributed by atoms with Gasteiger partial charge < -0.3 is 14.7 Å². The third-order valence-corrected chi connectivity index (χ3v) is 6.64. The first-order chi connectivity index (χ1) is 17.7. The van der Waals surface area contributed by atoms with Crippen LogP contribution in [0.25, 0.3) is 0 Å². The first-order valence-electron chi connectivity index (χ1n) is 12.3. The lowest BCUT2D eigenvalue weighted by Crippen LogP contribution is -2.32. The minimum Gasteiger partial charge on any atom is -0.491 e. The molecule has 7 heteroatoms. The van der Waals surface area contributed by atoms with Crippen LogP contribution in [0.1, 0.15) is 47.1 Å². The van der Waals surface area contributed by atoms with Crippen LogP contribution in [0.3, 0.4) is 0 Å². The molecular weight excluding hydrogens is 452 g/mol. The van der Waals surface area contributed by atoms with Crippen LogP contribution in [-0.4, -0.2) is 43.8 Å². The summed E-state index contributed by atoms with van der Waals surface area (Å²) >= 11 is 0. The van der Waals surface area contributed by atoms with Crippen LogP contribution in [0.2, 0.25) is 0 Å². The molecule has 36 heavy (non-hydrogen) atoms. The third-order valence-electron chi connectivity index (χ3n) is 6.64. The lowest BCUT2D eigenvalue weighted by Gasteiger charge is -2.25. The second-order valence-electron chi connectivity index (χ2n) is 9.04. The van der Waals surface area contributed by atoms with E-state index in [9.17, 15) is 9.90 Å². The van der Waals surface area contributed by atoms with Crippen LogP contribution in [0.4, 0.5) is 0 Å². The second-order valence-corrected chi connectivity index (χ2v) is 9.04. The van der Waals surface area contributed by atoms with Crippen LogP contribution in [0.15, 0.2) is 91.5 Å². The van der Waals surface area contributed by atoms with Crippen molar-refractivity contribution in [3.63, 3.8) is 0 Å². The highest BCUT2D eigenvalue weighted by Gasteiger charge is 2.27. The summed E-state index contributed by atoms with van der Waals surface area (Å²) in [6.07, 6.45) is 3.53. The maximum atomic E-state index is 13.0. The molecule has 0 bridgehead atoms. The van der Waals surface area contributed by atoms with Gasteiger partial charge in [0.05, 0.1) is 12.6 Å². The van der Waals surface area contributed by atoms with Gasteiger partial charge in [-0.1, -0.05) is 66.7 Å². The van der Waals surface area contributed by atoms with E-state index in [1.165, 1.54) is 6.33 Å². The molecule has 1 aliphatic rings. The van der Waals surface area contributed by atoms with Crippen molar-refractivity contribution < 1.29 is 14.6 Å². The van der Waals surface area contributed by atoms with Crippen molar-refractivity contribution in [1.82, 2.24) is 19.7 Å². The molecular formula is C29H30N4O3. The molecule has 1 atom stereocenters. The number of rotatable bonds is 8. The maximum Gasteiger partial charge on any atom is 0.223 e. The van der Waals surface area contributed by atoms with E-state index in [0.717, 1.165) is 28.0 Å². The van der Waals surface area contributed by atoms with Crippen LogP contribution in [0, 0.1) is 0 Å². The Balaban J connectivity index is 1.35. The van der Waals surface area contributed by atoms with Gasteiger partial charge >= 0.3 is 0 Å². The largest absolute Gasteiger partial charge is 0.491 e. The Kier molecular flexibility index (Phi) is 7.38. The average Bonchev–Trinajstić information content (AvgIpc) is 3.34. The van der Waals surface area contributed by atoms with Gasteiger partial charge in [-0.25, -0.2) is 4.98 Å². The zero-order chi connectivity index (χ0) is 24.7. The van der Waals surface area contributed by atoms with Gasteiger partial charge in [-0.05, 0) is 35.2 Å². The molecule has 0 unspecified atom stereocenters. The van der Waals surface area contributed by atoms with E-state index < -0.39 is 6.10 Å². The van der Waals surface area contributed by atoms with Gasteiger partial charge in [-0.3, -0.25) is 9.48 Å². The molecule has 0 spiro atoms. The number of carbonyl (C=O) groups is 1. The molecule has 184 valence electrons. The molecule has 2 heterocycles. The Labute approximate surface area is 211 Å². The second kappa shape index (κ2) is 11.2. The molecule has 1 N–H and O–H groups in total. The zero-order valence-electron chi connectivity index (χ0n) is 20.1. The minimum atomic E-state index is -0.754. The molecule has 1 aliphatic heterocycles. The van der Waals surface area contributed by atoms with Crippen molar-refractivity contribution in [3.8, 4) is 5.75 Å². The SMILES string of the molecule is O=C(CCCn1cncn1)N1CCOc2ccc([C@H](O)C(c3ccccc3)c3ccccc3)cc2C1. The summed E-state index contributed by atoms with van der Waals surface area (Å²) in [6, 6.07) is 26.0. The van der Waals surface area contributed by atoms with Gasteiger partial charge in [-0.15, -0.1) is 0 Å². The minimum absolute atomic E-state index is 0.0870. The zero-order valence-corrected chi connectivity index (χ0v) is 20.1. The topological polar surface area (TPSA) is 80.5 Å². The Morgan fingerprint density at radius 3 is 2.36 bits per heavy atom. The first kappa shape index (κ1) is 23.8. The molecule has 4 aromatic rings. The van der Waals surface area contributed by atoms with E-state index in [-0.39, 0.29) is 11.8 Å². The number of aryl methyl sites for hydroxylation is 1. The summed E-state index contributed by atoms with van der Waals surface area (Å²) in [6.45, 7) is 2.09. The number of aliphatic hydroxyl groups is 1. The quantitative estimate of drug-likeness (QED) is 0.404. The van der Waals surface area contributed by atoms with E-state index in [1.807, 2.05) is 83.8 Å². The lowest BCUT2D eigenvalue weighted by atomic mass is 9.83. The lowest BCUT2D eigenvalue weighted by molar-refractivity contribution is -0.132. The highest BCUT2D eigenvalue weighted by Crippen LogP contribution is 2.38. The Morgan fingerprint density at radius 1 is 0.972 bits per heavy atom. The van der Waals surface area contributed by atoms with Crippen molar-refractivity contribution >= 4 is 5.91 Å². The molecule has 7 nitrogen and oxygen atoms in total. The van der Waals surface area contributed by atoms with Crippen LogP contribution in [-0.2, 0) is 17.9 Å². The van der Waals surface area contributed by atoms with Crippen molar-refractivity contribution in [2.75, 3.05) is 13.2 Å². The van der Waals surface area contributed by atoms with Crippen molar-refractivity contribution in [2.24, 2.45) is 0 Å². The van der Waals surface area contributed by atoms with Crippen molar-refractivity contribution in [3.05, 3.63) is 114 Å². The number of fused-ring (bicyclic) bond motifs is 1. The molecule has 5 rings (SSSR count). The molecule has 0 aliphatic carbocycles. The molecule has 0 fully saturated rings. The van der Waals surface area contributed by atoms with Gasteiger partial charge in [0.15, 0.2) is 0 Å².